The largest absolute Gasteiger partial charge is 0.343 e. The fourth-order valence-electron chi connectivity index (χ4n) is 1.23. The lowest BCUT2D eigenvalue weighted by molar-refractivity contribution is 0.619. The van der Waals surface area contributed by atoms with Gasteiger partial charge < -0.3 is 4.98 Å². The molecule has 1 heterocycles. The van der Waals surface area contributed by atoms with Crippen molar-refractivity contribution in [3.05, 3.63) is 42.1 Å². The first kappa shape index (κ1) is 7.98. The van der Waals surface area contributed by atoms with Crippen LogP contribution in [0.25, 0.3) is 11.3 Å². The zero-order chi connectivity index (χ0) is 9.26. The summed E-state index contributed by atoms with van der Waals surface area (Å²) in [5.74, 6) is -0.214. The van der Waals surface area contributed by atoms with Gasteiger partial charge in [-0.3, -0.25) is 0 Å². The SMILES string of the molecule is Cc1c(F)cccc1-c1[c][nH]cn1. The first-order valence-electron chi connectivity index (χ1n) is 3.95. The standard InChI is InChI=1S/C10H8FN2/c1-7-8(3-2-4-9(7)11)10-5-12-6-13-10/h2-4,6H,1H3,(H,12,13). The Hall–Kier alpha value is -1.64. The molecule has 2 aromatic rings. The quantitative estimate of drug-likeness (QED) is 0.707. The first-order chi connectivity index (χ1) is 6.29. The van der Waals surface area contributed by atoms with Gasteiger partial charge in [0.2, 0.25) is 0 Å². The lowest BCUT2D eigenvalue weighted by Crippen LogP contribution is -1.87. The van der Waals surface area contributed by atoms with Gasteiger partial charge in [0.25, 0.3) is 0 Å². The molecule has 3 heteroatoms. The molecule has 0 bridgehead atoms. The number of nitrogens with zero attached hydrogens (tertiary/aromatic N) is 1. The third kappa shape index (κ3) is 1.33. The highest BCUT2D eigenvalue weighted by molar-refractivity contribution is 5.62. The number of imidazole rings is 1. The highest BCUT2D eigenvalue weighted by atomic mass is 19.1. The van der Waals surface area contributed by atoms with Crippen molar-refractivity contribution in [3.8, 4) is 11.3 Å². The minimum Gasteiger partial charge on any atom is -0.343 e. The van der Waals surface area contributed by atoms with E-state index in [1.807, 2.05) is 6.07 Å². The summed E-state index contributed by atoms with van der Waals surface area (Å²) in [5, 5.41) is 0. The third-order valence-electron chi connectivity index (χ3n) is 1.97. The molecular formula is C10H8FN2. The van der Waals surface area contributed by atoms with Crippen molar-refractivity contribution in [1.82, 2.24) is 9.97 Å². The second-order valence-corrected chi connectivity index (χ2v) is 2.79. The summed E-state index contributed by atoms with van der Waals surface area (Å²) >= 11 is 0. The Labute approximate surface area is 75.4 Å². The highest BCUT2D eigenvalue weighted by Crippen LogP contribution is 2.21. The number of hydrogen-bond acceptors (Lipinski definition) is 1. The van der Waals surface area contributed by atoms with E-state index >= 15 is 0 Å². The summed E-state index contributed by atoms with van der Waals surface area (Å²) < 4.78 is 13.1. The van der Waals surface area contributed by atoms with Crippen LogP contribution in [0, 0.1) is 18.9 Å². The molecule has 65 valence electrons. The number of hydrogen-bond donors (Lipinski definition) is 1. The van der Waals surface area contributed by atoms with Crippen molar-refractivity contribution in [1.29, 1.82) is 0 Å². The molecule has 2 nitrogen and oxygen atoms in total. The Morgan fingerprint density at radius 1 is 1.46 bits per heavy atom. The monoisotopic (exact) mass is 175 g/mol. The third-order valence-corrected chi connectivity index (χ3v) is 1.97. The fraction of sp³-hybridized carbons (Fsp3) is 0.100. The number of rotatable bonds is 1. The normalized spacial score (nSPS) is 10.3. The second-order valence-electron chi connectivity index (χ2n) is 2.79. The molecule has 0 unspecified atom stereocenters. The lowest BCUT2D eigenvalue weighted by atomic mass is 10.1. The topological polar surface area (TPSA) is 28.7 Å². The van der Waals surface area contributed by atoms with E-state index in [0.29, 0.717) is 11.3 Å². The highest BCUT2D eigenvalue weighted by Gasteiger charge is 2.06. The molecular weight excluding hydrogens is 167 g/mol. The van der Waals surface area contributed by atoms with E-state index in [4.69, 9.17) is 0 Å². The van der Waals surface area contributed by atoms with E-state index in [2.05, 4.69) is 16.2 Å². The Balaban J connectivity index is 2.59. The maximum atomic E-state index is 13.1. The molecule has 1 N–H and O–H groups in total. The van der Waals surface area contributed by atoms with Crippen molar-refractivity contribution in [2.75, 3.05) is 0 Å². The number of aromatic amines is 1. The molecule has 0 aliphatic rings. The molecule has 2 rings (SSSR count). The first-order valence-corrected chi connectivity index (χ1v) is 3.95. The average Bonchev–Trinajstić information content (AvgIpc) is 2.62. The van der Waals surface area contributed by atoms with Gasteiger partial charge in [0.05, 0.1) is 18.2 Å². The van der Waals surface area contributed by atoms with E-state index in [1.165, 1.54) is 12.4 Å². The Morgan fingerprint density at radius 3 is 3.00 bits per heavy atom. The maximum Gasteiger partial charge on any atom is 0.126 e. The van der Waals surface area contributed by atoms with Crippen molar-refractivity contribution >= 4 is 0 Å². The fourth-order valence-corrected chi connectivity index (χ4v) is 1.23. The van der Waals surface area contributed by atoms with Crippen LogP contribution in [0.3, 0.4) is 0 Å². The molecule has 0 amide bonds. The minimum atomic E-state index is -0.214. The number of halogens is 1. The Morgan fingerprint density at radius 2 is 2.31 bits per heavy atom. The van der Waals surface area contributed by atoms with Crippen LogP contribution in [0.4, 0.5) is 4.39 Å². The summed E-state index contributed by atoms with van der Waals surface area (Å²) in [6, 6.07) is 4.93. The lowest BCUT2D eigenvalue weighted by Gasteiger charge is -2.01. The van der Waals surface area contributed by atoms with Gasteiger partial charge in [0, 0.05) is 5.56 Å². The van der Waals surface area contributed by atoms with Gasteiger partial charge >= 0.3 is 0 Å². The molecule has 0 aliphatic heterocycles. The average molecular weight is 175 g/mol. The molecule has 0 atom stereocenters. The molecule has 1 aromatic heterocycles. The zero-order valence-electron chi connectivity index (χ0n) is 7.13. The molecule has 0 aliphatic carbocycles. The molecule has 0 saturated heterocycles. The van der Waals surface area contributed by atoms with Crippen LogP contribution in [0.2, 0.25) is 0 Å². The van der Waals surface area contributed by atoms with Gasteiger partial charge in [-0.15, -0.1) is 0 Å². The van der Waals surface area contributed by atoms with Gasteiger partial charge in [-0.25, -0.2) is 9.37 Å². The summed E-state index contributed by atoms with van der Waals surface area (Å²) in [5.41, 5.74) is 2.03. The van der Waals surface area contributed by atoms with E-state index in [9.17, 15) is 4.39 Å². The molecule has 1 aromatic carbocycles. The van der Waals surface area contributed by atoms with E-state index in [-0.39, 0.29) is 5.82 Å². The molecule has 1 radical (unpaired) electrons. The van der Waals surface area contributed by atoms with Crippen LogP contribution in [0.1, 0.15) is 5.56 Å². The summed E-state index contributed by atoms with van der Waals surface area (Å²) in [6.07, 6.45) is 4.35. The van der Waals surface area contributed by atoms with Gasteiger partial charge in [0.15, 0.2) is 0 Å². The van der Waals surface area contributed by atoms with Gasteiger partial charge in [-0.05, 0) is 18.6 Å². The molecule has 0 saturated carbocycles. The van der Waals surface area contributed by atoms with Crippen molar-refractivity contribution in [2.45, 2.75) is 6.92 Å². The Bertz CT molecular complexity index is 407. The van der Waals surface area contributed by atoms with Crippen LogP contribution in [0.5, 0.6) is 0 Å². The Kier molecular flexibility index (Phi) is 1.85. The van der Waals surface area contributed by atoms with Crippen molar-refractivity contribution < 1.29 is 4.39 Å². The maximum absolute atomic E-state index is 13.1. The van der Waals surface area contributed by atoms with Crippen LogP contribution >= 0.6 is 0 Å². The predicted molar refractivity (Wildman–Crippen MR) is 47.6 cm³/mol. The molecule has 0 fully saturated rings. The van der Waals surface area contributed by atoms with Crippen LogP contribution in [0.15, 0.2) is 24.5 Å². The van der Waals surface area contributed by atoms with Crippen LogP contribution in [-0.2, 0) is 0 Å². The van der Waals surface area contributed by atoms with Gasteiger partial charge in [-0.2, -0.15) is 0 Å². The smallest absolute Gasteiger partial charge is 0.126 e. The summed E-state index contributed by atoms with van der Waals surface area (Å²) in [4.78, 5) is 6.73. The number of H-pyrrole nitrogens is 1. The number of benzene rings is 1. The van der Waals surface area contributed by atoms with Crippen LogP contribution < -0.4 is 0 Å². The molecule has 13 heavy (non-hydrogen) atoms. The predicted octanol–water partition coefficient (Wildman–Crippen LogP) is 2.32. The van der Waals surface area contributed by atoms with Crippen molar-refractivity contribution in [3.63, 3.8) is 0 Å². The summed E-state index contributed by atoms with van der Waals surface area (Å²) in [7, 11) is 0. The van der Waals surface area contributed by atoms with Crippen LogP contribution in [-0.4, -0.2) is 9.97 Å². The summed E-state index contributed by atoms with van der Waals surface area (Å²) in [6.45, 7) is 1.73. The van der Waals surface area contributed by atoms with Crippen molar-refractivity contribution in [2.24, 2.45) is 0 Å². The van der Waals surface area contributed by atoms with Gasteiger partial charge in [-0.1, -0.05) is 12.1 Å². The van der Waals surface area contributed by atoms with Gasteiger partial charge in [0.1, 0.15) is 5.82 Å². The number of aromatic nitrogens is 2. The van der Waals surface area contributed by atoms with E-state index in [0.717, 1.165) is 5.56 Å². The minimum absolute atomic E-state index is 0.214. The zero-order valence-corrected chi connectivity index (χ0v) is 7.13. The van der Waals surface area contributed by atoms with E-state index < -0.39 is 0 Å². The molecule has 0 spiro atoms. The number of nitrogens with one attached hydrogen (secondary N) is 1. The second kappa shape index (κ2) is 3.01. The van der Waals surface area contributed by atoms with E-state index in [1.54, 1.807) is 13.0 Å².